The summed E-state index contributed by atoms with van der Waals surface area (Å²) in [6.45, 7) is -0.0227. The number of rotatable bonds is 4. The standard InChI is InChI=1S/C13H11ClF3NO2/c14-12-5-4-11(20-12)10(18)7-19-9-3-1-2-8(6-9)13(15,16)17/h1-6,10H,7,18H2. The van der Waals surface area contributed by atoms with Crippen molar-refractivity contribution in [1.29, 1.82) is 0 Å². The largest absolute Gasteiger partial charge is 0.491 e. The van der Waals surface area contributed by atoms with Gasteiger partial charge in [0.1, 0.15) is 18.1 Å². The van der Waals surface area contributed by atoms with Crippen LogP contribution in [0.2, 0.25) is 5.22 Å². The van der Waals surface area contributed by atoms with Crippen molar-refractivity contribution in [1.82, 2.24) is 0 Å². The van der Waals surface area contributed by atoms with Gasteiger partial charge >= 0.3 is 6.18 Å². The Hall–Kier alpha value is -1.66. The third kappa shape index (κ3) is 3.68. The molecule has 1 heterocycles. The van der Waals surface area contributed by atoms with Gasteiger partial charge in [-0.25, -0.2) is 0 Å². The van der Waals surface area contributed by atoms with Crippen LogP contribution < -0.4 is 10.5 Å². The Morgan fingerprint density at radius 2 is 2.00 bits per heavy atom. The van der Waals surface area contributed by atoms with Crippen molar-refractivity contribution < 1.29 is 22.3 Å². The summed E-state index contributed by atoms with van der Waals surface area (Å²) in [7, 11) is 0. The Labute approximate surface area is 118 Å². The summed E-state index contributed by atoms with van der Waals surface area (Å²) in [4.78, 5) is 0. The number of ether oxygens (including phenoxy) is 1. The molecule has 0 bridgehead atoms. The molecule has 1 aromatic carbocycles. The molecule has 1 unspecified atom stereocenters. The van der Waals surface area contributed by atoms with E-state index in [1.54, 1.807) is 6.07 Å². The maximum absolute atomic E-state index is 12.5. The SMILES string of the molecule is NC(COc1cccc(C(F)(F)F)c1)c1ccc(Cl)o1. The van der Waals surface area contributed by atoms with Crippen LogP contribution in [0.15, 0.2) is 40.8 Å². The molecule has 0 aliphatic rings. The Morgan fingerprint density at radius 1 is 1.25 bits per heavy atom. The van der Waals surface area contributed by atoms with Crippen molar-refractivity contribution in [2.75, 3.05) is 6.61 Å². The fraction of sp³-hybridized carbons (Fsp3) is 0.231. The summed E-state index contributed by atoms with van der Waals surface area (Å²) < 4.78 is 47.9. The Morgan fingerprint density at radius 3 is 2.60 bits per heavy atom. The van der Waals surface area contributed by atoms with E-state index in [2.05, 4.69) is 0 Å². The first-order chi connectivity index (χ1) is 9.36. The molecule has 1 atom stereocenters. The van der Waals surface area contributed by atoms with Crippen molar-refractivity contribution in [3.63, 3.8) is 0 Å². The summed E-state index contributed by atoms with van der Waals surface area (Å²) in [6, 6.07) is 7.09. The highest BCUT2D eigenvalue weighted by molar-refractivity contribution is 6.28. The lowest BCUT2D eigenvalue weighted by Crippen LogP contribution is -2.18. The van der Waals surface area contributed by atoms with Crippen LogP contribution >= 0.6 is 11.6 Å². The summed E-state index contributed by atoms with van der Waals surface area (Å²) in [6.07, 6.45) is -4.41. The first-order valence-electron chi connectivity index (χ1n) is 5.67. The fourth-order valence-corrected chi connectivity index (χ4v) is 1.71. The summed E-state index contributed by atoms with van der Waals surface area (Å²) in [5, 5.41) is 0.189. The third-order valence-electron chi connectivity index (χ3n) is 2.55. The van der Waals surface area contributed by atoms with Crippen molar-refractivity contribution in [3.05, 3.63) is 52.9 Å². The Kier molecular flexibility index (Phi) is 4.25. The molecule has 2 aromatic rings. The highest BCUT2D eigenvalue weighted by atomic mass is 35.5. The molecular formula is C13H11ClF3NO2. The molecule has 0 saturated carbocycles. The van der Waals surface area contributed by atoms with Crippen LogP contribution in [-0.4, -0.2) is 6.61 Å². The van der Waals surface area contributed by atoms with Crippen molar-refractivity contribution in [2.24, 2.45) is 5.73 Å². The Balaban J connectivity index is 2.00. The number of furan rings is 1. The average Bonchev–Trinajstić information content (AvgIpc) is 2.82. The van der Waals surface area contributed by atoms with E-state index in [0.29, 0.717) is 5.76 Å². The van der Waals surface area contributed by atoms with Crippen molar-refractivity contribution >= 4 is 11.6 Å². The predicted molar refractivity (Wildman–Crippen MR) is 67.6 cm³/mol. The van der Waals surface area contributed by atoms with E-state index < -0.39 is 17.8 Å². The van der Waals surface area contributed by atoms with E-state index in [1.165, 1.54) is 18.2 Å². The molecule has 0 saturated heterocycles. The summed E-state index contributed by atoms with van der Waals surface area (Å²) in [5.74, 6) is 0.495. The minimum absolute atomic E-state index is 0.0227. The molecule has 0 aliphatic carbocycles. The van der Waals surface area contributed by atoms with Gasteiger partial charge in [-0.2, -0.15) is 13.2 Å². The van der Waals surface area contributed by atoms with Crippen LogP contribution in [0.5, 0.6) is 5.75 Å². The lowest BCUT2D eigenvalue weighted by atomic mass is 10.2. The van der Waals surface area contributed by atoms with Crippen LogP contribution in [-0.2, 0) is 6.18 Å². The number of benzene rings is 1. The van der Waals surface area contributed by atoms with Gasteiger partial charge in [0, 0.05) is 0 Å². The minimum Gasteiger partial charge on any atom is -0.491 e. The van der Waals surface area contributed by atoms with Crippen LogP contribution in [0, 0.1) is 0 Å². The monoisotopic (exact) mass is 305 g/mol. The number of hydrogen-bond donors (Lipinski definition) is 1. The second kappa shape index (κ2) is 5.76. The van der Waals surface area contributed by atoms with E-state index in [4.69, 9.17) is 26.5 Å². The molecular weight excluding hydrogens is 295 g/mol. The Bertz CT molecular complexity index is 583. The first kappa shape index (κ1) is 14.7. The van der Waals surface area contributed by atoms with E-state index in [-0.39, 0.29) is 17.6 Å². The van der Waals surface area contributed by atoms with E-state index in [1.807, 2.05) is 0 Å². The highest BCUT2D eigenvalue weighted by Gasteiger charge is 2.30. The van der Waals surface area contributed by atoms with Gasteiger partial charge in [0.05, 0.1) is 11.6 Å². The van der Waals surface area contributed by atoms with Crippen molar-refractivity contribution in [3.8, 4) is 5.75 Å². The zero-order valence-corrected chi connectivity index (χ0v) is 10.9. The lowest BCUT2D eigenvalue weighted by molar-refractivity contribution is -0.137. The molecule has 0 aliphatic heterocycles. The van der Waals surface area contributed by atoms with Gasteiger partial charge in [-0.15, -0.1) is 0 Å². The van der Waals surface area contributed by atoms with Gasteiger partial charge in [0.2, 0.25) is 0 Å². The van der Waals surface area contributed by atoms with Gasteiger partial charge in [0.25, 0.3) is 0 Å². The molecule has 20 heavy (non-hydrogen) atoms. The topological polar surface area (TPSA) is 48.4 Å². The number of alkyl halides is 3. The lowest BCUT2D eigenvalue weighted by Gasteiger charge is -2.13. The number of nitrogens with two attached hydrogens (primary N) is 1. The second-order valence-electron chi connectivity index (χ2n) is 4.08. The smallest absolute Gasteiger partial charge is 0.416 e. The zero-order chi connectivity index (χ0) is 14.8. The van der Waals surface area contributed by atoms with Gasteiger partial charge in [0.15, 0.2) is 5.22 Å². The van der Waals surface area contributed by atoms with E-state index in [0.717, 1.165) is 12.1 Å². The molecule has 0 radical (unpaired) electrons. The van der Waals surface area contributed by atoms with Gasteiger partial charge < -0.3 is 14.9 Å². The first-order valence-corrected chi connectivity index (χ1v) is 6.05. The van der Waals surface area contributed by atoms with Crippen molar-refractivity contribution in [2.45, 2.75) is 12.2 Å². The van der Waals surface area contributed by atoms with E-state index in [9.17, 15) is 13.2 Å². The highest BCUT2D eigenvalue weighted by Crippen LogP contribution is 2.31. The molecule has 0 fully saturated rings. The maximum Gasteiger partial charge on any atom is 0.416 e. The average molecular weight is 306 g/mol. The van der Waals surface area contributed by atoms with Crippen LogP contribution in [0.3, 0.4) is 0 Å². The van der Waals surface area contributed by atoms with Crippen LogP contribution in [0.25, 0.3) is 0 Å². The van der Waals surface area contributed by atoms with Crippen LogP contribution in [0.1, 0.15) is 17.4 Å². The molecule has 0 amide bonds. The quantitative estimate of drug-likeness (QED) is 0.927. The second-order valence-corrected chi connectivity index (χ2v) is 4.46. The molecule has 108 valence electrons. The molecule has 0 spiro atoms. The molecule has 2 rings (SSSR count). The van der Waals surface area contributed by atoms with Gasteiger partial charge in [-0.05, 0) is 41.9 Å². The zero-order valence-electron chi connectivity index (χ0n) is 10.2. The fourth-order valence-electron chi connectivity index (χ4n) is 1.56. The predicted octanol–water partition coefficient (Wildman–Crippen LogP) is 4.03. The minimum atomic E-state index is -4.41. The molecule has 1 aromatic heterocycles. The molecule has 3 nitrogen and oxygen atoms in total. The number of hydrogen-bond acceptors (Lipinski definition) is 3. The maximum atomic E-state index is 12.5. The normalized spacial score (nSPS) is 13.2. The summed E-state index contributed by atoms with van der Waals surface area (Å²) >= 11 is 5.60. The third-order valence-corrected chi connectivity index (χ3v) is 2.75. The van der Waals surface area contributed by atoms with Crippen LogP contribution in [0.4, 0.5) is 13.2 Å². The molecule has 7 heteroatoms. The number of halogens is 4. The van der Waals surface area contributed by atoms with Gasteiger partial charge in [-0.3, -0.25) is 0 Å². The summed E-state index contributed by atoms with van der Waals surface area (Å²) in [5.41, 5.74) is 5.01. The van der Waals surface area contributed by atoms with E-state index >= 15 is 0 Å². The van der Waals surface area contributed by atoms with Gasteiger partial charge in [-0.1, -0.05) is 6.07 Å². The molecule has 2 N–H and O–H groups in total.